The van der Waals surface area contributed by atoms with Gasteiger partial charge in [0.2, 0.25) is 0 Å². The van der Waals surface area contributed by atoms with Gasteiger partial charge >= 0.3 is 0 Å². The Labute approximate surface area is 177 Å². The van der Waals surface area contributed by atoms with Gasteiger partial charge in [-0.1, -0.05) is 41.4 Å². The van der Waals surface area contributed by atoms with Crippen LogP contribution in [0.1, 0.15) is 10.4 Å². The molecule has 1 fully saturated rings. The van der Waals surface area contributed by atoms with Crippen molar-refractivity contribution in [2.24, 2.45) is 0 Å². The van der Waals surface area contributed by atoms with Crippen molar-refractivity contribution in [2.75, 3.05) is 31.1 Å². The van der Waals surface area contributed by atoms with E-state index in [1.54, 1.807) is 4.90 Å². The van der Waals surface area contributed by atoms with E-state index >= 15 is 0 Å². The molecule has 1 amide bonds. The summed E-state index contributed by atoms with van der Waals surface area (Å²) < 4.78 is 14.0. The van der Waals surface area contributed by atoms with Crippen LogP contribution in [0.5, 0.6) is 0 Å². The third-order valence-electron chi connectivity index (χ3n) is 4.86. The molecule has 0 unspecified atom stereocenters. The predicted octanol–water partition coefficient (Wildman–Crippen LogP) is 4.55. The number of carbonyl (C=O) groups excluding carboxylic acids is 1. The molecule has 0 radical (unpaired) electrons. The lowest BCUT2D eigenvalue weighted by Gasteiger charge is -2.35. The summed E-state index contributed by atoms with van der Waals surface area (Å²) in [6.45, 7) is 2.05. The van der Waals surface area contributed by atoms with Crippen LogP contribution in [0, 0.1) is 5.82 Å². The lowest BCUT2D eigenvalue weighted by Crippen LogP contribution is -2.49. The number of hydrogen-bond acceptors (Lipinski definition) is 4. The molecule has 3 aromatic rings. The van der Waals surface area contributed by atoms with Crippen molar-refractivity contribution < 1.29 is 9.18 Å². The quantitative estimate of drug-likeness (QED) is 0.611. The Morgan fingerprint density at radius 3 is 2.24 bits per heavy atom. The Bertz CT molecular complexity index is 1000. The molecule has 0 saturated carbocycles. The van der Waals surface area contributed by atoms with Crippen molar-refractivity contribution in [3.63, 3.8) is 0 Å². The second kappa shape index (κ2) is 8.35. The van der Waals surface area contributed by atoms with Crippen LogP contribution in [0.2, 0.25) is 10.0 Å². The summed E-state index contributed by atoms with van der Waals surface area (Å²) in [7, 11) is 0. The number of piperazine rings is 1. The number of aromatic nitrogens is 2. The largest absolute Gasteiger partial charge is 0.352 e. The van der Waals surface area contributed by atoms with Gasteiger partial charge in [-0.05, 0) is 36.4 Å². The van der Waals surface area contributed by atoms with Crippen LogP contribution in [-0.2, 0) is 0 Å². The zero-order valence-corrected chi connectivity index (χ0v) is 16.9. The number of amides is 1. The second-order valence-corrected chi connectivity index (χ2v) is 7.50. The molecule has 1 aliphatic rings. The maximum Gasteiger partial charge on any atom is 0.258 e. The molecule has 29 heavy (non-hydrogen) atoms. The monoisotopic (exact) mass is 430 g/mol. The van der Waals surface area contributed by atoms with Crippen LogP contribution in [0.25, 0.3) is 11.3 Å². The molecule has 2 heterocycles. The van der Waals surface area contributed by atoms with Gasteiger partial charge in [0.05, 0.1) is 16.3 Å². The van der Waals surface area contributed by atoms with Crippen LogP contribution >= 0.6 is 23.2 Å². The second-order valence-electron chi connectivity index (χ2n) is 6.66. The topological polar surface area (TPSA) is 49.3 Å². The highest BCUT2D eigenvalue weighted by Gasteiger charge is 2.26. The number of anilines is 1. The molecule has 4 rings (SSSR count). The summed E-state index contributed by atoms with van der Waals surface area (Å²) in [4.78, 5) is 16.3. The van der Waals surface area contributed by atoms with Gasteiger partial charge in [-0.2, -0.15) is 0 Å². The predicted molar refractivity (Wildman–Crippen MR) is 112 cm³/mol. The van der Waals surface area contributed by atoms with Gasteiger partial charge in [0.1, 0.15) is 5.82 Å². The van der Waals surface area contributed by atoms with E-state index in [-0.39, 0.29) is 10.6 Å². The van der Waals surface area contributed by atoms with Crippen LogP contribution in [-0.4, -0.2) is 47.2 Å². The van der Waals surface area contributed by atoms with Gasteiger partial charge < -0.3 is 9.80 Å². The highest BCUT2D eigenvalue weighted by molar-refractivity contribution is 6.33. The maximum atomic E-state index is 14.0. The first-order valence-electron chi connectivity index (χ1n) is 9.11. The van der Waals surface area contributed by atoms with E-state index in [9.17, 15) is 9.18 Å². The SMILES string of the molecule is O=C(c1c(F)cccc1Cl)N1CCN(c2ccc(-c3ccc(Cl)cc3)nn2)CC1. The normalized spacial score (nSPS) is 14.2. The summed E-state index contributed by atoms with van der Waals surface area (Å²) in [6, 6.07) is 15.5. The Hall–Kier alpha value is -2.70. The van der Waals surface area contributed by atoms with Crippen LogP contribution in [0.4, 0.5) is 10.2 Å². The molecule has 0 atom stereocenters. The lowest BCUT2D eigenvalue weighted by atomic mass is 10.1. The van der Waals surface area contributed by atoms with Crippen molar-refractivity contribution in [1.29, 1.82) is 0 Å². The number of benzene rings is 2. The zero-order valence-electron chi connectivity index (χ0n) is 15.4. The Kier molecular flexibility index (Phi) is 5.65. The van der Waals surface area contributed by atoms with Crippen molar-refractivity contribution in [1.82, 2.24) is 15.1 Å². The minimum absolute atomic E-state index is 0.0743. The van der Waals surface area contributed by atoms with E-state index < -0.39 is 11.7 Å². The van der Waals surface area contributed by atoms with Crippen LogP contribution < -0.4 is 4.90 Å². The van der Waals surface area contributed by atoms with E-state index in [4.69, 9.17) is 23.2 Å². The zero-order chi connectivity index (χ0) is 20.4. The van der Waals surface area contributed by atoms with E-state index in [2.05, 4.69) is 10.2 Å². The summed E-state index contributed by atoms with van der Waals surface area (Å²) >= 11 is 11.9. The van der Waals surface area contributed by atoms with E-state index in [0.29, 0.717) is 31.2 Å². The van der Waals surface area contributed by atoms with Gasteiger partial charge in [0.25, 0.3) is 5.91 Å². The molecule has 1 aliphatic heterocycles. The molecule has 1 aromatic heterocycles. The van der Waals surface area contributed by atoms with Crippen molar-refractivity contribution in [2.45, 2.75) is 0 Å². The molecule has 0 N–H and O–H groups in total. The first-order valence-corrected chi connectivity index (χ1v) is 9.86. The van der Waals surface area contributed by atoms with Crippen molar-refractivity contribution >= 4 is 34.9 Å². The summed E-state index contributed by atoms with van der Waals surface area (Å²) in [5.41, 5.74) is 1.62. The van der Waals surface area contributed by atoms with Crippen LogP contribution in [0.15, 0.2) is 54.6 Å². The molecule has 148 valence electrons. The molecule has 5 nitrogen and oxygen atoms in total. The first kappa shape index (κ1) is 19.6. The molecular formula is C21H17Cl2FN4O. The standard InChI is InChI=1S/C21H17Cl2FN4O/c22-15-6-4-14(5-7-15)18-8-9-19(26-25-18)27-10-12-28(13-11-27)21(29)20-16(23)2-1-3-17(20)24/h1-9H,10-13H2. The fourth-order valence-corrected chi connectivity index (χ4v) is 3.64. The fraction of sp³-hybridized carbons (Fsp3) is 0.190. The van der Waals surface area contributed by atoms with Gasteiger partial charge in [0, 0.05) is 36.8 Å². The minimum Gasteiger partial charge on any atom is -0.352 e. The minimum atomic E-state index is -0.603. The fourth-order valence-electron chi connectivity index (χ4n) is 3.27. The highest BCUT2D eigenvalue weighted by atomic mass is 35.5. The van der Waals surface area contributed by atoms with Crippen molar-refractivity contribution in [3.05, 3.63) is 76.0 Å². The summed E-state index contributed by atoms with van der Waals surface area (Å²) in [5.74, 6) is -0.260. The van der Waals surface area contributed by atoms with Gasteiger partial charge in [-0.25, -0.2) is 4.39 Å². The number of rotatable bonds is 3. The molecule has 0 bridgehead atoms. The molecule has 1 saturated heterocycles. The summed E-state index contributed by atoms with van der Waals surface area (Å²) in [6.07, 6.45) is 0. The molecular weight excluding hydrogens is 414 g/mol. The van der Waals surface area contributed by atoms with Gasteiger partial charge in [0.15, 0.2) is 5.82 Å². The average Bonchev–Trinajstić information content (AvgIpc) is 2.74. The average molecular weight is 431 g/mol. The smallest absolute Gasteiger partial charge is 0.258 e. The van der Waals surface area contributed by atoms with E-state index in [1.165, 1.54) is 18.2 Å². The van der Waals surface area contributed by atoms with Gasteiger partial charge in [-0.3, -0.25) is 4.79 Å². The molecule has 0 aliphatic carbocycles. The first-order chi connectivity index (χ1) is 14.0. The molecule has 8 heteroatoms. The number of nitrogens with zero attached hydrogens (tertiary/aromatic N) is 4. The summed E-state index contributed by atoms with van der Waals surface area (Å²) in [5, 5.41) is 9.41. The Morgan fingerprint density at radius 2 is 1.62 bits per heavy atom. The lowest BCUT2D eigenvalue weighted by molar-refractivity contribution is 0.0742. The van der Waals surface area contributed by atoms with Gasteiger partial charge in [-0.15, -0.1) is 10.2 Å². The number of hydrogen-bond donors (Lipinski definition) is 0. The molecule has 0 spiro atoms. The third kappa shape index (κ3) is 4.18. The van der Waals surface area contributed by atoms with E-state index in [0.717, 1.165) is 17.1 Å². The highest BCUT2D eigenvalue weighted by Crippen LogP contribution is 2.23. The van der Waals surface area contributed by atoms with E-state index in [1.807, 2.05) is 41.3 Å². The third-order valence-corrected chi connectivity index (χ3v) is 5.42. The Morgan fingerprint density at radius 1 is 0.897 bits per heavy atom. The molecule has 2 aromatic carbocycles. The number of halogens is 3. The Balaban J connectivity index is 1.42. The number of carbonyl (C=O) groups is 1. The maximum absolute atomic E-state index is 14.0. The van der Waals surface area contributed by atoms with Crippen molar-refractivity contribution in [3.8, 4) is 11.3 Å². The van der Waals surface area contributed by atoms with Crippen LogP contribution in [0.3, 0.4) is 0 Å².